The highest BCUT2D eigenvalue weighted by molar-refractivity contribution is 5.64. The molecule has 2 aromatic heterocycles. The summed E-state index contributed by atoms with van der Waals surface area (Å²) in [7, 11) is 2.17. The molecular formula is C18H24N8. The number of benzene rings is 1. The second kappa shape index (κ2) is 7.09. The van der Waals surface area contributed by atoms with E-state index in [1.165, 1.54) is 11.3 Å². The first-order valence-electron chi connectivity index (χ1n) is 8.68. The van der Waals surface area contributed by atoms with Gasteiger partial charge in [-0.15, -0.1) is 5.10 Å². The molecule has 136 valence electrons. The average molecular weight is 352 g/mol. The standard InChI is InChI=1S/C18H22N8.H2/c1-14-9-15(11-16(10-14)25-7-5-24(2)6-8-25)22-18-21-13-26(23-18)17-12-19-3-4-20-17;/h3-4,9-13H,5-8H2,1-2H3,(H,22,23);1H. The molecule has 0 bridgehead atoms. The number of likely N-dealkylation sites (N-methyl/N-ethyl adjacent to an activating group) is 1. The monoisotopic (exact) mass is 352 g/mol. The van der Waals surface area contributed by atoms with Crippen molar-refractivity contribution in [3.8, 4) is 5.82 Å². The van der Waals surface area contributed by atoms with Crippen LogP contribution in [0.15, 0.2) is 43.1 Å². The number of rotatable bonds is 4. The van der Waals surface area contributed by atoms with Crippen molar-refractivity contribution in [3.05, 3.63) is 48.7 Å². The summed E-state index contributed by atoms with van der Waals surface area (Å²) in [6.07, 6.45) is 6.54. The van der Waals surface area contributed by atoms with Crippen LogP contribution in [0.5, 0.6) is 0 Å². The Morgan fingerprint density at radius 2 is 1.88 bits per heavy atom. The lowest BCUT2D eigenvalue weighted by Gasteiger charge is -2.34. The summed E-state index contributed by atoms with van der Waals surface area (Å²) < 4.78 is 1.60. The van der Waals surface area contributed by atoms with Gasteiger partial charge in [0.2, 0.25) is 5.95 Å². The Labute approximate surface area is 154 Å². The fraction of sp³-hybridized carbons (Fsp3) is 0.333. The molecular weight excluding hydrogens is 328 g/mol. The molecule has 0 atom stereocenters. The zero-order valence-electron chi connectivity index (χ0n) is 15.0. The van der Waals surface area contributed by atoms with Crippen LogP contribution in [0, 0.1) is 6.92 Å². The van der Waals surface area contributed by atoms with E-state index in [-0.39, 0.29) is 1.43 Å². The van der Waals surface area contributed by atoms with Crippen LogP contribution in [-0.2, 0) is 0 Å². The van der Waals surface area contributed by atoms with Gasteiger partial charge in [0, 0.05) is 51.4 Å². The molecule has 1 aliphatic rings. The maximum Gasteiger partial charge on any atom is 0.247 e. The lowest BCUT2D eigenvalue weighted by molar-refractivity contribution is 0.313. The van der Waals surface area contributed by atoms with Gasteiger partial charge in [0.25, 0.3) is 0 Å². The Morgan fingerprint density at radius 3 is 2.65 bits per heavy atom. The van der Waals surface area contributed by atoms with Crippen molar-refractivity contribution in [1.82, 2.24) is 29.6 Å². The molecule has 0 radical (unpaired) electrons. The highest BCUT2D eigenvalue weighted by Crippen LogP contribution is 2.25. The molecule has 1 aromatic carbocycles. The van der Waals surface area contributed by atoms with E-state index in [1.807, 2.05) is 0 Å². The predicted octanol–water partition coefficient (Wildman–Crippen LogP) is 2.11. The fourth-order valence-corrected chi connectivity index (χ4v) is 3.05. The average Bonchev–Trinajstić information content (AvgIpc) is 3.11. The second-order valence-electron chi connectivity index (χ2n) is 6.55. The third-order valence-corrected chi connectivity index (χ3v) is 4.46. The van der Waals surface area contributed by atoms with E-state index in [4.69, 9.17) is 0 Å². The Hall–Kier alpha value is -3.00. The summed E-state index contributed by atoms with van der Waals surface area (Å²) in [6.45, 7) is 6.36. The van der Waals surface area contributed by atoms with E-state index in [0.717, 1.165) is 31.9 Å². The number of piperazine rings is 1. The van der Waals surface area contributed by atoms with E-state index in [2.05, 4.69) is 67.3 Å². The Morgan fingerprint density at radius 1 is 1.04 bits per heavy atom. The van der Waals surface area contributed by atoms with Crippen molar-refractivity contribution in [3.63, 3.8) is 0 Å². The summed E-state index contributed by atoms with van der Waals surface area (Å²) in [4.78, 5) is 17.4. The normalized spacial score (nSPS) is 15.2. The van der Waals surface area contributed by atoms with Crippen molar-refractivity contribution in [2.45, 2.75) is 6.92 Å². The smallest absolute Gasteiger partial charge is 0.247 e. The second-order valence-corrected chi connectivity index (χ2v) is 6.55. The minimum atomic E-state index is 0. The van der Waals surface area contributed by atoms with Gasteiger partial charge in [-0.05, 0) is 37.7 Å². The van der Waals surface area contributed by atoms with Crippen LogP contribution < -0.4 is 10.2 Å². The summed E-state index contributed by atoms with van der Waals surface area (Å²) >= 11 is 0. The zero-order valence-corrected chi connectivity index (χ0v) is 15.0. The molecule has 0 spiro atoms. The molecule has 0 saturated carbocycles. The van der Waals surface area contributed by atoms with Gasteiger partial charge in [-0.1, -0.05) is 0 Å². The first-order chi connectivity index (χ1) is 12.7. The van der Waals surface area contributed by atoms with Crippen LogP contribution in [-0.4, -0.2) is 62.9 Å². The van der Waals surface area contributed by atoms with E-state index >= 15 is 0 Å². The molecule has 0 unspecified atom stereocenters. The van der Waals surface area contributed by atoms with Crippen molar-refractivity contribution in [2.75, 3.05) is 43.4 Å². The number of aryl methyl sites for hydroxylation is 1. The molecule has 8 nitrogen and oxygen atoms in total. The largest absolute Gasteiger partial charge is 0.369 e. The van der Waals surface area contributed by atoms with Gasteiger partial charge in [-0.25, -0.2) is 4.98 Å². The minimum absolute atomic E-state index is 0. The number of hydrogen-bond donors (Lipinski definition) is 1. The molecule has 0 aliphatic carbocycles. The zero-order chi connectivity index (χ0) is 17.9. The van der Waals surface area contributed by atoms with Crippen LogP contribution in [0.3, 0.4) is 0 Å². The van der Waals surface area contributed by atoms with Crippen LogP contribution >= 0.6 is 0 Å². The molecule has 1 fully saturated rings. The molecule has 26 heavy (non-hydrogen) atoms. The van der Waals surface area contributed by atoms with Gasteiger partial charge in [0.1, 0.15) is 6.33 Å². The Kier molecular flexibility index (Phi) is 4.49. The predicted molar refractivity (Wildman–Crippen MR) is 103 cm³/mol. The topological polar surface area (TPSA) is 75.0 Å². The van der Waals surface area contributed by atoms with E-state index < -0.39 is 0 Å². The van der Waals surface area contributed by atoms with Crippen molar-refractivity contribution in [1.29, 1.82) is 0 Å². The maximum absolute atomic E-state index is 4.43. The summed E-state index contributed by atoms with van der Waals surface area (Å²) in [6, 6.07) is 6.48. The van der Waals surface area contributed by atoms with E-state index in [9.17, 15) is 0 Å². The van der Waals surface area contributed by atoms with Crippen LogP contribution in [0.1, 0.15) is 6.99 Å². The molecule has 3 heterocycles. The highest BCUT2D eigenvalue weighted by atomic mass is 15.4. The Bertz CT molecular complexity index is 874. The SMILES string of the molecule is Cc1cc(Nc2ncn(-c3cnccn3)n2)cc(N2CCN(C)CC2)c1.[HH]. The van der Waals surface area contributed by atoms with Gasteiger partial charge >= 0.3 is 0 Å². The fourth-order valence-electron chi connectivity index (χ4n) is 3.05. The highest BCUT2D eigenvalue weighted by Gasteiger charge is 2.15. The third-order valence-electron chi connectivity index (χ3n) is 4.46. The molecule has 1 aliphatic heterocycles. The van der Waals surface area contributed by atoms with Crippen molar-refractivity contribution in [2.24, 2.45) is 0 Å². The van der Waals surface area contributed by atoms with Crippen molar-refractivity contribution < 1.29 is 1.43 Å². The minimum Gasteiger partial charge on any atom is -0.369 e. The molecule has 1 N–H and O–H groups in total. The van der Waals surface area contributed by atoms with Crippen LogP contribution in [0.2, 0.25) is 0 Å². The number of anilines is 3. The molecule has 3 aromatic rings. The van der Waals surface area contributed by atoms with Gasteiger partial charge in [-0.3, -0.25) is 4.98 Å². The lowest BCUT2D eigenvalue weighted by atomic mass is 10.1. The third kappa shape index (κ3) is 3.65. The van der Waals surface area contributed by atoms with Crippen LogP contribution in [0.4, 0.5) is 17.3 Å². The van der Waals surface area contributed by atoms with E-state index in [1.54, 1.807) is 29.6 Å². The van der Waals surface area contributed by atoms with Gasteiger partial charge in [0.05, 0.1) is 6.20 Å². The number of nitrogens with zero attached hydrogens (tertiary/aromatic N) is 7. The summed E-state index contributed by atoms with van der Waals surface area (Å²) in [5, 5.41) is 7.72. The maximum atomic E-state index is 4.43. The number of nitrogens with one attached hydrogen (secondary N) is 1. The molecule has 0 amide bonds. The first-order valence-corrected chi connectivity index (χ1v) is 8.68. The Balaban J connectivity index is 0.00000210. The van der Waals surface area contributed by atoms with Crippen LogP contribution in [0.25, 0.3) is 5.82 Å². The summed E-state index contributed by atoms with van der Waals surface area (Å²) in [5.41, 5.74) is 3.42. The molecule has 1 saturated heterocycles. The van der Waals surface area contributed by atoms with E-state index in [0.29, 0.717) is 11.8 Å². The molecule has 8 heteroatoms. The quantitative estimate of drug-likeness (QED) is 0.771. The number of aromatic nitrogens is 5. The van der Waals surface area contributed by atoms with Crippen molar-refractivity contribution >= 4 is 17.3 Å². The lowest BCUT2D eigenvalue weighted by Crippen LogP contribution is -2.44. The molecule has 4 rings (SSSR count). The summed E-state index contributed by atoms with van der Waals surface area (Å²) in [5.74, 6) is 1.17. The van der Waals surface area contributed by atoms with Gasteiger partial charge < -0.3 is 15.1 Å². The first kappa shape index (κ1) is 16.5. The van der Waals surface area contributed by atoms with Gasteiger partial charge in [0.15, 0.2) is 5.82 Å². The number of hydrogen-bond acceptors (Lipinski definition) is 7. The van der Waals surface area contributed by atoms with Gasteiger partial charge in [-0.2, -0.15) is 9.67 Å².